The van der Waals surface area contributed by atoms with Crippen molar-refractivity contribution in [3.8, 4) is 5.69 Å². The van der Waals surface area contributed by atoms with Crippen molar-refractivity contribution in [2.45, 2.75) is 18.9 Å². The lowest BCUT2D eigenvalue weighted by atomic mass is 10.2. The molecule has 0 aliphatic heterocycles. The van der Waals surface area contributed by atoms with Crippen LogP contribution < -0.4 is 16.8 Å². The van der Waals surface area contributed by atoms with Crippen molar-refractivity contribution in [2.24, 2.45) is 17.4 Å². The van der Waals surface area contributed by atoms with E-state index in [-0.39, 0.29) is 35.7 Å². The highest BCUT2D eigenvalue weighted by Gasteiger charge is 2.29. The third kappa shape index (κ3) is 3.93. The van der Waals surface area contributed by atoms with Gasteiger partial charge in [-0.15, -0.1) is 12.4 Å². The minimum absolute atomic E-state index is 0. The van der Waals surface area contributed by atoms with Gasteiger partial charge in [-0.25, -0.2) is 4.68 Å². The van der Waals surface area contributed by atoms with Crippen molar-refractivity contribution >= 4 is 24.2 Å². The molecule has 1 atom stereocenters. The lowest BCUT2D eigenvalue weighted by Crippen LogP contribution is -2.38. The molecule has 1 unspecified atom stereocenters. The molecule has 1 aromatic carbocycles. The van der Waals surface area contributed by atoms with Crippen molar-refractivity contribution in [1.29, 1.82) is 0 Å². The number of amides is 2. The molecule has 0 spiro atoms. The van der Waals surface area contributed by atoms with Crippen LogP contribution in [0.3, 0.4) is 0 Å². The van der Waals surface area contributed by atoms with Gasteiger partial charge in [-0.1, -0.05) is 18.2 Å². The van der Waals surface area contributed by atoms with E-state index in [9.17, 15) is 9.59 Å². The van der Waals surface area contributed by atoms with Crippen LogP contribution in [0.2, 0.25) is 0 Å². The number of aromatic nitrogens is 2. The molecular weight excluding hydrogens is 330 g/mol. The van der Waals surface area contributed by atoms with Crippen molar-refractivity contribution in [3.05, 3.63) is 47.8 Å². The second-order valence-corrected chi connectivity index (χ2v) is 5.74. The fraction of sp³-hybridized carbons (Fsp3) is 0.312. The van der Waals surface area contributed by atoms with E-state index in [1.807, 2.05) is 18.2 Å². The van der Waals surface area contributed by atoms with Gasteiger partial charge in [-0.3, -0.25) is 9.59 Å². The van der Waals surface area contributed by atoms with Crippen LogP contribution in [0.4, 0.5) is 0 Å². The molecular formula is C16H20ClN5O2. The molecule has 1 heterocycles. The standard InChI is InChI=1S/C16H19N5O2.ClH/c17-12(10-6-7-10)9-19-16(23)13-8-14(15(18)22)21(20-13)11-4-2-1-3-5-11;/h1-5,8,10,12H,6-7,9,17H2,(H2,18,22)(H,19,23);1H. The van der Waals surface area contributed by atoms with Gasteiger partial charge in [0, 0.05) is 18.7 Å². The maximum absolute atomic E-state index is 12.2. The predicted molar refractivity (Wildman–Crippen MR) is 92.4 cm³/mol. The summed E-state index contributed by atoms with van der Waals surface area (Å²) in [5, 5.41) is 6.96. The van der Waals surface area contributed by atoms with Gasteiger partial charge in [-0.05, 0) is 30.9 Å². The predicted octanol–water partition coefficient (Wildman–Crippen LogP) is 0.860. The Hall–Kier alpha value is -2.38. The average Bonchev–Trinajstić information content (AvgIpc) is 3.31. The van der Waals surface area contributed by atoms with E-state index in [2.05, 4.69) is 10.4 Å². The molecule has 1 aliphatic rings. The van der Waals surface area contributed by atoms with Gasteiger partial charge in [0.05, 0.1) is 5.69 Å². The molecule has 1 saturated carbocycles. The summed E-state index contributed by atoms with van der Waals surface area (Å²) in [4.78, 5) is 23.8. The summed E-state index contributed by atoms with van der Waals surface area (Å²) < 4.78 is 1.37. The molecule has 0 bridgehead atoms. The Balaban J connectivity index is 0.00000208. The van der Waals surface area contributed by atoms with E-state index in [1.54, 1.807) is 12.1 Å². The fourth-order valence-corrected chi connectivity index (χ4v) is 2.43. The van der Waals surface area contributed by atoms with E-state index in [0.29, 0.717) is 18.2 Å². The summed E-state index contributed by atoms with van der Waals surface area (Å²) in [7, 11) is 0. The maximum atomic E-state index is 12.2. The normalized spacial score (nSPS) is 14.5. The van der Waals surface area contributed by atoms with Crippen LogP contribution in [-0.2, 0) is 0 Å². The molecule has 8 heteroatoms. The minimum atomic E-state index is -0.643. The highest BCUT2D eigenvalue weighted by atomic mass is 35.5. The van der Waals surface area contributed by atoms with Gasteiger partial charge in [-0.2, -0.15) is 5.10 Å². The number of nitrogens with two attached hydrogens (primary N) is 2. The molecule has 0 radical (unpaired) electrons. The first-order valence-corrected chi connectivity index (χ1v) is 7.55. The molecule has 1 fully saturated rings. The first-order chi connectivity index (χ1) is 11.1. The first-order valence-electron chi connectivity index (χ1n) is 7.55. The monoisotopic (exact) mass is 349 g/mol. The van der Waals surface area contributed by atoms with Crippen LogP contribution in [0.5, 0.6) is 0 Å². The SMILES string of the molecule is Cl.NC(=O)c1cc(C(=O)NCC(N)C2CC2)nn1-c1ccccc1. The third-order valence-electron chi connectivity index (χ3n) is 3.92. The van der Waals surface area contributed by atoms with Gasteiger partial charge < -0.3 is 16.8 Å². The number of hydrogen-bond acceptors (Lipinski definition) is 4. The number of rotatable bonds is 6. The summed E-state index contributed by atoms with van der Waals surface area (Å²) in [6, 6.07) is 10.4. The highest BCUT2D eigenvalue weighted by Crippen LogP contribution is 2.31. The van der Waals surface area contributed by atoms with Crippen molar-refractivity contribution in [1.82, 2.24) is 15.1 Å². The van der Waals surface area contributed by atoms with E-state index in [0.717, 1.165) is 12.8 Å². The number of benzene rings is 1. The summed E-state index contributed by atoms with van der Waals surface area (Å²) in [5.74, 6) is -0.508. The second-order valence-electron chi connectivity index (χ2n) is 5.74. The molecule has 1 aromatic heterocycles. The Kier molecular flexibility index (Phi) is 5.58. The van der Waals surface area contributed by atoms with Crippen LogP contribution in [0.1, 0.15) is 33.8 Å². The second kappa shape index (κ2) is 7.46. The largest absolute Gasteiger partial charge is 0.364 e. The Morgan fingerprint density at radius 2 is 1.96 bits per heavy atom. The highest BCUT2D eigenvalue weighted by molar-refractivity contribution is 5.97. The summed E-state index contributed by atoms with van der Waals surface area (Å²) in [6.07, 6.45) is 2.23. The fourth-order valence-electron chi connectivity index (χ4n) is 2.43. The lowest BCUT2D eigenvalue weighted by molar-refractivity contribution is 0.0944. The van der Waals surface area contributed by atoms with Gasteiger partial charge in [0.15, 0.2) is 5.69 Å². The quantitative estimate of drug-likeness (QED) is 0.717. The van der Waals surface area contributed by atoms with Crippen molar-refractivity contribution < 1.29 is 9.59 Å². The zero-order valence-electron chi connectivity index (χ0n) is 13.0. The van der Waals surface area contributed by atoms with Gasteiger partial charge in [0.1, 0.15) is 5.69 Å². The van der Waals surface area contributed by atoms with E-state index in [1.165, 1.54) is 10.7 Å². The van der Waals surface area contributed by atoms with Crippen LogP contribution in [0, 0.1) is 5.92 Å². The Morgan fingerprint density at radius 3 is 2.54 bits per heavy atom. The van der Waals surface area contributed by atoms with Crippen LogP contribution >= 0.6 is 12.4 Å². The van der Waals surface area contributed by atoms with Gasteiger partial charge >= 0.3 is 0 Å². The summed E-state index contributed by atoms with van der Waals surface area (Å²) in [6.45, 7) is 0.396. The molecule has 2 amide bonds. The van der Waals surface area contributed by atoms with E-state index in [4.69, 9.17) is 11.5 Å². The maximum Gasteiger partial charge on any atom is 0.271 e. The number of carbonyl (C=O) groups excluding carboxylic acids is 2. The molecule has 2 aromatic rings. The minimum Gasteiger partial charge on any atom is -0.364 e. The lowest BCUT2D eigenvalue weighted by Gasteiger charge is -2.10. The molecule has 3 rings (SSSR count). The number of para-hydroxylation sites is 1. The molecule has 1 aliphatic carbocycles. The number of nitrogens with one attached hydrogen (secondary N) is 1. The van der Waals surface area contributed by atoms with E-state index >= 15 is 0 Å². The van der Waals surface area contributed by atoms with Crippen LogP contribution in [0.25, 0.3) is 5.69 Å². The third-order valence-corrected chi connectivity index (χ3v) is 3.92. The van der Waals surface area contributed by atoms with Crippen molar-refractivity contribution in [2.75, 3.05) is 6.54 Å². The molecule has 24 heavy (non-hydrogen) atoms. The van der Waals surface area contributed by atoms with Gasteiger partial charge in [0.25, 0.3) is 11.8 Å². The number of halogens is 1. The van der Waals surface area contributed by atoms with Crippen LogP contribution in [0.15, 0.2) is 36.4 Å². The smallest absolute Gasteiger partial charge is 0.271 e. The Bertz CT molecular complexity index is 727. The molecule has 128 valence electrons. The number of primary amides is 1. The summed E-state index contributed by atoms with van der Waals surface area (Å²) >= 11 is 0. The Morgan fingerprint density at radius 1 is 1.29 bits per heavy atom. The first kappa shape index (κ1) is 18.0. The zero-order valence-corrected chi connectivity index (χ0v) is 13.8. The molecule has 7 nitrogen and oxygen atoms in total. The molecule has 0 saturated heterocycles. The van der Waals surface area contributed by atoms with Crippen LogP contribution in [-0.4, -0.2) is 34.2 Å². The number of nitrogens with zero attached hydrogens (tertiary/aromatic N) is 2. The Labute approximate surface area is 145 Å². The molecule has 5 N–H and O–H groups in total. The topological polar surface area (TPSA) is 116 Å². The zero-order chi connectivity index (χ0) is 16.4. The summed E-state index contributed by atoms with van der Waals surface area (Å²) in [5.41, 5.74) is 12.3. The number of hydrogen-bond donors (Lipinski definition) is 3. The van der Waals surface area contributed by atoms with Gasteiger partial charge in [0.2, 0.25) is 0 Å². The average molecular weight is 350 g/mol. The van der Waals surface area contributed by atoms with E-state index < -0.39 is 5.91 Å². The number of carbonyl (C=O) groups is 2. The van der Waals surface area contributed by atoms with Crippen molar-refractivity contribution in [3.63, 3.8) is 0 Å².